The van der Waals surface area contributed by atoms with Crippen molar-refractivity contribution in [3.8, 4) is 0 Å². The third-order valence-electron chi connectivity index (χ3n) is 2.07. The fourth-order valence-electron chi connectivity index (χ4n) is 1.45. The monoisotopic (exact) mass is 341 g/mol. The predicted octanol–water partition coefficient (Wildman–Crippen LogP) is 1.77. The van der Waals surface area contributed by atoms with E-state index in [1.54, 1.807) is 12.9 Å². The molecule has 0 saturated heterocycles. The van der Waals surface area contributed by atoms with Crippen LogP contribution in [0.2, 0.25) is 4.08 Å². The van der Waals surface area contributed by atoms with E-state index in [1.807, 2.05) is 0 Å². The number of benzene rings is 1. The van der Waals surface area contributed by atoms with Crippen molar-refractivity contribution in [1.29, 1.82) is 0 Å². The topological polar surface area (TPSA) is 0 Å². The molecule has 0 N–H and O–H groups in total. The van der Waals surface area contributed by atoms with Crippen molar-refractivity contribution in [2.75, 3.05) is 0 Å². The van der Waals surface area contributed by atoms with Gasteiger partial charge in [0.15, 0.2) is 0 Å². The Bertz CT molecular complexity index is 217. The molecule has 1 aromatic carbocycles. The number of fused-ring (bicyclic) bond motifs is 1. The van der Waals surface area contributed by atoms with Gasteiger partial charge in [0.2, 0.25) is 0 Å². The minimum absolute atomic E-state index is 0.114. The summed E-state index contributed by atoms with van der Waals surface area (Å²) in [5.74, 6) is 0. The van der Waals surface area contributed by atoms with Crippen molar-refractivity contribution >= 4 is 26.8 Å². The van der Waals surface area contributed by atoms with Crippen LogP contribution in [0.4, 0.5) is 0 Å². The van der Waals surface area contributed by atoms with Crippen LogP contribution in [0.15, 0.2) is 24.3 Å². The summed E-state index contributed by atoms with van der Waals surface area (Å²) in [7, 11) is 0. The Morgan fingerprint density at radius 3 is 3.00 bits per heavy atom. The van der Waals surface area contributed by atoms with Gasteiger partial charge in [0.25, 0.3) is 0 Å². The van der Waals surface area contributed by atoms with Crippen LogP contribution >= 0.6 is 0 Å². The molecule has 1 heterocycles. The Labute approximate surface area is 79.8 Å². The van der Waals surface area contributed by atoms with Crippen LogP contribution in [0.5, 0.6) is 0 Å². The van der Waals surface area contributed by atoms with Crippen molar-refractivity contribution in [3.63, 3.8) is 0 Å². The Hall–Kier alpha value is 0.116. The maximum atomic E-state index is 2.35. The number of hydrogen-bond donors (Lipinski definition) is 0. The van der Waals surface area contributed by atoms with Gasteiger partial charge in [-0.15, -0.1) is 0 Å². The Kier molecular flexibility index (Phi) is 2.59. The van der Waals surface area contributed by atoms with Gasteiger partial charge in [0.05, 0.1) is 0 Å². The van der Waals surface area contributed by atoms with Gasteiger partial charge < -0.3 is 0 Å². The second kappa shape index (κ2) is 3.68. The second-order valence-corrected chi connectivity index (χ2v) is 7.33. The third-order valence-corrected chi connectivity index (χ3v) is 6.74. The molecule has 0 aliphatic carbocycles. The molecule has 0 bridgehead atoms. The first-order valence-electron chi connectivity index (χ1n) is 4.17. The predicted molar refractivity (Wildman–Crippen MR) is 49.6 cm³/mol. The molecule has 0 amide bonds. The van der Waals surface area contributed by atoms with Gasteiger partial charge in [-0.3, -0.25) is 0 Å². The van der Waals surface area contributed by atoms with Gasteiger partial charge in [-0.25, -0.2) is 0 Å². The summed E-state index contributed by atoms with van der Waals surface area (Å²) in [6.07, 6.45) is 4.26. The van der Waals surface area contributed by atoms with Gasteiger partial charge in [0.1, 0.15) is 0 Å². The van der Waals surface area contributed by atoms with E-state index in [4.69, 9.17) is 0 Å². The summed E-state index contributed by atoms with van der Waals surface area (Å²) in [6.45, 7) is 0. The Morgan fingerprint density at radius 1 is 1.09 bits per heavy atom. The van der Waals surface area contributed by atoms with E-state index in [1.165, 1.54) is 19.3 Å². The quantitative estimate of drug-likeness (QED) is 0.675. The SMILES string of the molecule is c1cc[c]2c(c1)CCC[CH2][Po]2. The number of aryl methyl sites for hydroxylation is 1. The molecule has 1 aromatic rings. The van der Waals surface area contributed by atoms with Crippen LogP contribution in [0.25, 0.3) is 0 Å². The van der Waals surface area contributed by atoms with Crippen LogP contribution < -0.4 is 3.22 Å². The van der Waals surface area contributed by atoms with Gasteiger partial charge in [-0.05, 0) is 0 Å². The molecule has 0 aromatic heterocycles. The van der Waals surface area contributed by atoms with Gasteiger partial charge >= 0.3 is 80.0 Å². The van der Waals surface area contributed by atoms with Crippen molar-refractivity contribution in [1.82, 2.24) is 0 Å². The van der Waals surface area contributed by atoms with Crippen LogP contribution in [0.1, 0.15) is 18.4 Å². The molecule has 0 saturated carbocycles. The maximum absolute atomic E-state index is 2.35. The summed E-state index contributed by atoms with van der Waals surface area (Å²) in [6, 6.07) is 9.05. The van der Waals surface area contributed by atoms with Crippen LogP contribution in [0.3, 0.4) is 0 Å². The fourth-order valence-corrected chi connectivity index (χ4v) is 5.72. The fraction of sp³-hybridized carbons (Fsp3) is 0.400. The summed E-state index contributed by atoms with van der Waals surface area (Å²) < 4.78 is 3.31. The van der Waals surface area contributed by atoms with Crippen LogP contribution in [-0.2, 0) is 6.42 Å². The summed E-state index contributed by atoms with van der Waals surface area (Å²) in [5, 5.41) is 0. The molecule has 1 aliphatic rings. The summed E-state index contributed by atoms with van der Waals surface area (Å²) in [5.41, 5.74) is 1.66. The zero-order chi connectivity index (χ0) is 7.52. The average molecular weight is 341 g/mol. The van der Waals surface area contributed by atoms with E-state index in [9.17, 15) is 0 Å². The van der Waals surface area contributed by atoms with E-state index in [0.717, 1.165) is 0 Å². The average Bonchev–Trinajstić information content (AvgIpc) is 2.28. The molecule has 0 atom stereocenters. The molecule has 0 fully saturated rings. The Morgan fingerprint density at radius 2 is 2.00 bits per heavy atom. The molecular weight excluding hydrogens is 329 g/mol. The summed E-state index contributed by atoms with van der Waals surface area (Å²) in [4.78, 5) is 0. The van der Waals surface area contributed by atoms with Crippen LogP contribution in [0, 0.1) is 0 Å². The first kappa shape index (κ1) is 7.75. The molecule has 58 valence electrons. The number of hydrogen-bond acceptors (Lipinski definition) is 0. The third kappa shape index (κ3) is 1.82. The zero-order valence-corrected chi connectivity index (χ0v) is 9.72. The zero-order valence-electron chi connectivity index (χ0n) is 6.55. The molecule has 11 heavy (non-hydrogen) atoms. The normalized spacial score (nSPS) is 17.1. The van der Waals surface area contributed by atoms with Crippen molar-refractivity contribution in [3.05, 3.63) is 29.8 Å². The first-order chi connectivity index (χ1) is 5.47. The number of rotatable bonds is 0. The molecule has 2 rings (SSSR count). The Balaban J connectivity index is 2.33. The van der Waals surface area contributed by atoms with Gasteiger partial charge in [0, 0.05) is 0 Å². The molecule has 0 radical (unpaired) electrons. The van der Waals surface area contributed by atoms with Crippen molar-refractivity contribution < 1.29 is 0 Å². The first-order valence-corrected chi connectivity index (χ1v) is 8.01. The van der Waals surface area contributed by atoms with E-state index in [0.29, 0.717) is 0 Å². The van der Waals surface area contributed by atoms with Crippen molar-refractivity contribution in [2.45, 2.75) is 23.3 Å². The standard InChI is InChI=1S/C10H12.Po/c1-2-3-7-10-8-5-4-6-9-10;/h4-6,8H,1-3,7H2;. The molecule has 1 aliphatic heterocycles. The van der Waals surface area contributed by atoms with E-state index >= 15 is 0 Å². The van der Waals surface area contributed by atoms with Gasteiger partial charge in [-0.1, -0.05) is 0 Å². The molecule has 0 unspecified atom stereocenters. The minimum atomic E-state index is -0.114. The summed E-state index contributed by atoms with van der Waals surface area (Å²) >= 11 is -0.114. The molecule has 0 nitrogen and oxygen atoms in total. The van der Waals surface area contributed by atoms with E-state index in [2.05, 4.69) is 24.3 Å². The van der Waals surface area contributed by atoms with Crippen LogP contribution in [-0.4, -0.2) is 23.6 Å². The van der Waals surface area contributed by atoms with E-state index in [-0.39, 0.29) is 23.6 Å². The molecule has 1 heteroatoms. The molecule has 0 spiro atoms. The van der Waals surface area contributed by atoms with E-state index < -0.39 is 0 Å². The van der Waals surface area contributed by atoms with Crippen molar-refractivity contribution in [2.24, 2.45) is 0 Å². The second-order valence-electron chi connectivity index (χ2n) is 2.91. The molecular formula is C10H12Po. The van der Waals surface area contributed by atoms with Gasteiger partial charge in [-0.2, -0.15) is 0 Å².